The normalized spacial score (nSPS) is 40.2. The number of rotatable bonds is 5. The molecule has 4 rings (SSSR count). The van der Waals surface area contributed by atoms with Gasteiger partial charge < -0.3 is 0 Å². The summed E-state index contributed by atoms with van der Waals surface area (Å²) in [5, 5.41) is 0. The predicted molar refractivity (Wildman–Crippen MR) is 121 cm³/mol. The molecule has 0 aromatic rings. The Morgan fingerprint density at radius 2 is 1.41 bits per heavy atom. The van der Waals surface area contributed by atoms with Crippen LogP contribution in [0.1, 0.15) is 33.1 Å². The van der Waals surface area contributed by atoms with Gasteiger partial charge in [-0.1, -0.05) is 88.0 Å². The van der Waals surface area contributed by atoms with E-state index < -0.39 is 8.07 Å². The molecule has 0 radical (unpaired) electrons. The molecule has 0 aromatic heterocycles. The highest BCUT2D eigenvalue weighted by Gasteiger charge is 2.55. The molecular weight excluding hydrogens is 340 g/mol. The molecule has 0 aliphatic heterocycles. The highest BCUT2D eigenvalue weighted by Crippen LogP contribution is 2.62. The van der Waals surface area contributed by atoms with E-state index in [2.05, 4.69) is 88.2 Å². The summed E-state index contributed by atoms with van der Waals surface area (Å²) in [5.41, 5.74) is 1.39. The van der Waals surface area contributed by atoms with Gasteiger partial charge in [0.25, 0.3) is 0 Å². The third-order valence-electron chi connectivity index (χ3n) is 8.84. The molecule has 146 valence electrons. The number of fused-ring (bicyclic) bond motifs is 3. The zero-order valence-electron chi connectivity index (χ0n) is 17.8. The minimum absolute atomic E-state index is 0.404. The van der Waals surface area contributed by atoms with Gasteiger partial charge in [0.15, 0.2) is 0 Å². The summed E-state index contributed by atoms with van der Waals surface area (Å²) in [6.07, 6.45) is 25.8. The highest BCUT2D eigenvalue weighted by molar-refractivity contribution is 6.79. The maximum atomic E-state index is 4.05. The second kappa shape index (κ2) is 7.06. The van der Waals surface area contributed by atoms with Crippen LogP contribution in [0.2, 0.25) is 24.7 Å². The Labute approximate surface area is 168 Å². The van der Waals surface area contributed by atoms with Crippen LogP contribution in [0.25, 0.3) is 0 Å². The van der Waals surface area contributed by atoms with Crippen molar-refractivity contribution in [3.05, 3.63) is 61.3 Å². The van der Waals surface area contributed by atoms with Crippen molar-refractivity contribution in [1.82, 2.24) is 0 Å². The molecule has 0 spiro atoms. The summed E-state index contributed by atoms with van der Waals surface area (Å²) in [6, 6.07) is 1.28. The van der Waals surface area contributed by atoms with Crippen molar-refractivity contribution < 1.29 is 0 Å². The Kier molecular flexibility index (Phi) is 5.03. The van der Waals surface area contributed by atoms with Crippen LogP contribution >= 0.6 is 0 Å². The fraction of sp³-hybridized carbons (Fsp3) is 0.615. The van der Waals surface area contributed by atoms with Crippen LogP contribution in [-0.4, -0.2) is 8.07 Å². The summed E-state index contributed by atoms with van der Waals surface area (Å²) < 4.78 is 0. The van der Waals surface area contributed by atoms with Gasteiger partial charge in [0, 0.05) is 0 Å². The predicted octanol–water partition coefficient (Wildman–Crippen LogP) is 7.42. The summed E-state index contributed by atoms with van der Waals surface area (Å²) in [6.45, 7) is 14.5. The second-order valence-corrected chi connectivity index (χ2v) is 16.1. The smallest absolute Gasteiger partial charge is 0.0542 e. The van der Waals surface area contributed by atoms with Gasteiger partial charge >= 0.3 is 0 Å². The summed E-state index contributed by atoms with van der Waals surface area (Å²) >= 11 is 0. The molecule has 0 N–H and O–H groups in total. The van der Waals surface area contributed by atoms with Gasteiger partial charge in [-0.15, -0.1) is 6.58 Å². The molecular formula is C26H38Si. The van der Waals surface area contributed by atoms with Crippen molar-refractivity contribution >= 4 is 8.07 Å². The fourth-order valence-corrected chi connectivity index (χ4v) is 10.1. The van der Waals surface area contributed by atoms with E-state index in [9.17, 15) is 0 Å². The maximum Gasteiger partial charge on any atom is 0.0542 e. The van der Waals surface area contributed by atoms with Crippen LogP contribution in [0.3, 0.4) is 0 Å². The van der Waals surface area contributed by atoms with Gasteiger partial charge in [0.1, 0.15) is 0 Å². The van der Waals surface area contributed by atoms with Crippen molar-refractivity contribution in [2.24, 2.45) is 40.9 Å². The van der Waals surface area contributed by atoms with Crippen molar-refractivity contribution in [3.8, 4) is 0 Å². The minimum Gasteiger partial charge on any atom is -0.103 e. The zero-order chi connectivity index (χ0) is 19.2. The first-order chi connectivity index (χ1) is 12.9. The van der Waals surface area contributed by atoms with Gasteiger partial charge in [-0.05, 0) is 65.3 Å². The lowest BCUT2D eigenvalue weighted by atomic mass is 9.61. The molecule has 6 unspecified atom stereocenters. The van der Waals surface area contributed by atoms with Gasteiger partial charge in [0.2, 0.25) is 0 Å². The lowest BCUT2D eigenvalue weighted by Gasteiger charge is -2.44. The lowest BCUT2D eigenvalue weighted by Crippen LogP contribution is -2.38. The van der Waals surface area contributed by atoms with E-state index in [1.165, 1.54) is 25.3 Å². The van der Waals surface area contributed by atoms with E-state index >= 15 is 0 Å². The number of hydrogen-bond acceptors (Lipinski definition) is 0. The molecule has 2 saturated carbocycles. The lowest BCUT2D eigenvalue weighted by molar-refractivity contribution is 0.0750. The van der Waals surface area contributed by atoms with Crippen LogP contribution in [-0.2, 0) is 0 Å². The SMILES string of the molecule is C=CC[Si](C)(C)C1CCC(C(C)(C)C2C3C=CC=CC3C3C=CC=CC32)C1. The molecule has 0 aromatic carbocycles. The van der Waals surface area contributed by atoms with E-state index in [0.717, 1.165) is 17.4 Å². The standard InChI is InChI=1S/C26H38Si/c1-6-17-27(4,5)20-16-15-19(18-20)26(2,3)25-23-13-9-7-11-21(23)22-12-8-10-14-24(22)25/h6-14,19-25H,1,15-18H2,2-5H3. The Morgan fingerprint density at radius 1 is 0.889 bits per heavy atom. The second-order valence-electron chi connectivity index (χ2n) is 10.9. The third-order valence-corrected chi connectivity index (χ3v) is 12.9. The van der Waals surface area contributed by atoms with Gasteiger partial charge in [-0.3, -0.25) is 0 Å². The Bertz CT molecular complexity index is 655. The molecule has 2 fully saturated rings. The third kappa shape index (κ3) is 3.20. The molecule has 0 saturated heterocycles. The maximum absolute atomic E-state index is 4.05. The average Bonchev–Trinajstić information content (AvgIpc) is 3.26. The van der Waals surface area contributed by atoms with Crippen molar-refractivity contribution in [2.75, 3.05) is 0 Å². The van der Waals surface area contributed by atoms with E-state index in [4.69, 9.17) is 0 Å². The summed E-state index contributed by atoms with van der Waals surface area (Å²) in [4.78, 5) is 0. The molecule has 0 bridgehead atoms. The molecule has 0 amide bonds. The topological polar surface area (TPSA) is 0 Å². The zero-order valence-corrected chi connectivity index (χ0v) is 18.8. The van der Waals surface area contributed by atoms with Crippen molar-refractivity contribution in [3.63, 3.8) is 0 Å². The first-order valence-corrected chi connectivity index (χ1v) is 14.5. The molecule has 1 heteroatoms. The number of hydrogen-bond donors (Lipinski definition) is 0. The van der Waals surface area contributed by atoms with E-state index in [-0.39, 0.29) is 0 Å². The van der Waals surface area contributed by atoms with Crippen molar-refractivity contribution in [1.29, 1.82) is 0 Å². The molecule has 27 heavy (non-hydrogen) atoms. The van der Waals surface area contributed by atoms with Crippen LogP contribution in [0.4, 0.5) is 0 Å². The Morgan fingerprint density at radius 3 is 1.93 bits per heavy atom. The van der Waals surface area contributed by atoms with E-state index in [1.54, 1.807) is 0 Å². The molecule has 4 aliphatic carbocycles. The largest absolute Gasteiger partial charge is 0.103 e. The highest BCUT2D eigenvalue weighted by atomic mass is 28.3. The monoisotopic (exact) mass is 378 g/mol. The summed E-state index contributed by atoms with van der Waals surface area (Å²) in [5.74, 6) is 4.48. The first kappa shape index (κ1) is 19.2. The van der Waals surface area contributed by atoms with Crippen molar-refractivity contribution in [2.45, 2.75) is 57.8 Å². The summed E-state index contributed by atoms with van der Waals surface area (Å²) in [7, 11) is -1.17. The molecule has 4 aliphatic rings. The fourth-order valence-electron chi connectivity index (χ4n) is 7.20. The van der Waals surface area contributed by atoms with Gasteiger partial charge in [-0.25, -0.2) is 0 Å². The quantitative estimate of drug-likeness (QED) is 0.345. The molecule has 6 atom stereocenters. The van der Waals surface area contributed by atoms with E-state index in [0.29, 0.717) is 29.1 Å². The minimum atomic E-state index is -1.17. The Balaban J connectivity index is 1.59. The van der Waals surface area contributed by atoms with Crippen LogP contribution in [0, 0.1) is 40.9 Å². The Hall–Kier alpha value is -1.08. The number of allylic oxidation sites excluding steroid dienone is 9. The van der Waals surface area contributed by atoms with Crippen LogP contribution < -0.4 is 0 Å². The average molecular weight is 379 g/mol. The van der Waals surface area contributed by atoms with Gasteiger partial charge in [-0.2, -0.15) is 0 Å². The van der Waals surface area contributed by atoms with Crippen LogP contribution in [0.15, 0.2) is 61.3 Å². The van der Waals surface area contributed by atoms with Gasteiger partial charge in [0.05, 0.1) is 8.07 Å². The first-order valence-electron chi connectivity index (χ1n) is 11.2. The van der Waals surface area contributed by atoms with E-state index in [1.807, 2.05) is 0 Å². The van der Waals surface area contributed by atoms with Crippen LogP contribution in [0.5, 0.6) is 0 Å². The molecule has 0 nitrogen and oxygen atoms in total. The molecule has 0 heterocycles.